The molecule has 2 amide bonds. The van der Waals surface area contributed by atoms with E-state index in [4.69, 9.17) is 14.4 Å². The third-order valence-electron chi connectivity index (χ3n) is 2.96. The minimum Gasteiger partial charge on any atom is -0.396 e. The fourth-order valence-corrected chi connectivity index (χ4v) is 1.83. The maximum Gasteiger partial charge on any atom is 0.315 e. The molecule has 2 heterocycles. The molecule has 0 aliphatic carbocycles. The molecule has 2 rings (SSSR count). The first-order chi connectivity index (χ1) is 10.2. The third-order valence-corrected chi connectivity index (χ3v) is 2.96. The van der Waals surface area contributed by atoms with Crippen LogP contribution < -0.4 is 5.32 Å². The van der Waals surface area contributed by atoms with Crippen LogP contribution in [0.2, 0.25) is 0 Å². The van der Waals surface area contributed by atoms with Gasteiger partial charge in [0, 0.05) is 26.2 Å². The molecule has 0 atom stereocenters. The maximum absolute atomic E-state index is 12.0. The summed E-state index contributed by atoms with van der Waals surface area (Å²) < 4.78 is 9.98. The molecule has 1 aromatic rings. The molecule has 9 heteroatoms. The first-order valence-electron chi connectivity index (χ1n) is 6.78. The van der Waals surface area contributed by atoms with Crippen molar-refractivity contribution in [1.82, 2.24) is 20.4 Å². The molecule has 1 aliphatic rings. The van der Waals surface area contributed by atoms with Gasteiger partial charge < -0.3 is 24.6 Å². The van der Waals surface area contributed by atoms with Crippen molar-refractivity contribution in [1.29, 1.82) is 0 Å². The standard InChI is InChI=1S/C12H18N4O5/c17-5-1-2-13-11(19)12-14-9(15-21-12)8-10(18)16-3-6-20-7-4-16/h17H,1-8H2,(H,13,19). The van der Waals surface area contributed by atoms with Crippen LogP contribution in [0, 0.1) is 0 Å². The van der Waals surface area contributed by atoms with E-state index in [0.29, 0.717) is 39.3 Å². The molecule has 1 aliphatic heterocycles. The Kier molecular flexibility index (Phi) is 5.64. The fraction of sp³-hybridized carbons (Fsp3) is 0.667. The van der Waals surface area contributed by atoms with Crippen molar-refractivity contribution >= 4 is 11.8 Å². The lowest BCUT2D eigenvalue weighted by Crippen LogP contribution is -2.41. The molecule has 1 aromatic heterocycles. The van der Waals surface area contributed by atoms with E-state index < -0.39 is 5.91 Å². The predicted octanol–water partition coefficient (Wildman–Crippen LogP) is -1.42. The predicted molar refractivity (Wildman–Crippen MR) is 69.4 cm³/mol. The minimum absolute atomic E-state index is 0.00653. The quantitative estimate of drug-likeness (QED) is 0.619. The molecule has 0 saturated carbocycles. The minimum atomic E-state index is -0.513. The van der Waals surface area contributed by atoms with Crippen LogP contribution in [0.1, 0.15) is 22.9 Å². The molecule has 0 bridgehead atoms. The second kappa shape index (κ2) is 7.70. The number of rotatable bonds is 6. The molecule has 0 radical (unpaired) electrons. The van der Waals surface area contributed by atoms with E-state index in [9.17, 15) is 9.59 Å². The van der Waals surface area contributed by atoms with Gasteiger partial charge in [0.05, 0.1) is 19.6 Å². The lowest BCUT2D eigenvalue weighted by atomic mass is 10.3. The summed E-state index contributed by atoms with van der Waals surface area (Å²) in [5.74, 6) is -0.635. The second-order valence-electron chi connectivity index (χ2n) is 4.52. The zero-order chi connectivity index (χ0) is 15.1. The highest BCUT2D eigenvalue weighted by Gasteiger charge is 2.21. The Hall–Kier alpha value is -2.00. The van der Waals surface area contributed by atoms with Crippen LogP contribution >= 0.6 is 0 Å². The molecule has 0 unspecified atom stereocenters. The number of nitrogens with one attached hydrogen (secondary N) is 1. The van der Waals surface area contributed by atoms with E-state index in [2.05, 4.69) is 15.5 Å². The van der Waals surface area contributed by atoms with E-state index in [-0.39, 0.29) is 30.7 Å². The summed E-state index contributed by atoms with van der Waals surface area (Å²) in [4.78, 5) is 29.2. The Morgan fingerprint density at radius 1 is 1.33 bits per heavy atom. The van der Waals surface area contributed by atoms with Crippen molar-refractivity contribution in [2.75, 3.05) is 39.5 Å². The van der Waals surface area contributed by atoms with Crippen molar-refractivity contribution in [3.8, 4) is 0 Å². The van der Waals surface area contributed by atoms with Gasteiger partial charge >= 0.3 is 11.8 Å². The van der Waals surface area contributed by atoms with Crippen LogP contribution in [0.25, 0.3) is 0 Å². The van der Waals surface area contributed by atoms with E-state index >= 15 is 0 Å². The summed E-state index contributed by atoms with van der Waals surface area (Å²) in [7, 11) is 0. The van der Waals surface area contributed by atoms with Crippen LogP contribution in [0.3, 0.4) is 0 Å². The molecule has 21 heavy (non-hydrogen) atoms. The summed E-state index contributed by atoms with van der Waals surface area (Å²) in [6, 6.07) is 0. The van der Waals surface area contributed by atoms with Gasteiger partial charge in [0.1, 0.15) is 0 Å². The number of carbonyl (C=O) groups excluding carboxylic acids is 2. The van der Waals surface area contributed by atoms with Gasteiger partial charge in [0.15, 0.2) is 5.82 Å². The normalized spacial score (nSPS) is 15.0. The first-order valence-corrected chi connectivity index (χ1v) is 6.78. The highest BCUT2D eigenvalue weighted by molar-refractivity contribution is 5.89. The van der Waals surface area contributed by atoms with Crippen LogP contribution in [-0.4, -0.2) is 71.4 Å². The highest BCUT2D eigenvalue weighted by Crippen LogP contribution is 2.03. The van der Waals surface area contributed by atoms with Crippen LogP contribution in [0.4, 0.5) is 0 Å². The number of ether oxygens (including phenoxy) is 1. The SMILES string of the molecule is O=C(NCCCO)c1nc(CC(=O)N2CCOCC2)no1. The number of aliphatic hydroxyl groups is 1. The second-order valence-corrected chi connectivity index (χ2v) is 4.52. The van der Waals surface area contributed by atoms with Gasteiger partial charge in [0.2, 0.25) is 5.91 Å². The van der Waals surface area contributed by atoms with Gasteiger partial charge in [-0.15, -0.1) is 0 Å². The molecule has 1 fully saturated rings. The number of morpholine rings is 1. The molecule has 9 nitrogen and oxygen atoms in total. The summed E-state index contributed by atoms with van der Waals surface area (Å²) in [5, 5.41) is 14.8. The van der Waals surface area contributed by atoms with Gasteiger partial charge in [-0.1, -0.05) is 5.16 Å². The van der Waals surface area contributed by atoms with Crippen molar-refractivity contribution in [2.45, 2.75) is 12.8 Å². The average molecular weight is 298 g/mol. The number of hydrogen-bond acceptors (Lipinski definition) is 7. The van der Waals surface area contributed by atoms with Crippen molar-refractivity contribution in [3.05, 3.63) is 11.7 Å². The van der Waals surface area contributed by atoms with Gasteiger partial charge in [-0.3, -0.25) is 9.59 Å². The number of nitrogens with zero attached hydrogens (tertiary/aromatic N) is 3. The maximum atomic E-state index is 12.0. The smallest absolute Gasteiger partial charge is 0.315 e. The largest absolute Gasteiger partial charge is 0.396 e. The van der Waals surface area contributed by atoms with Gasteiger partial charge in [-0.2, -0.15) is 4.98 Å². The third kappa shape index (κ3) is 4.50. The van der Waals surface area contributed by atoms with E-state index in [0.717, 1.165) is 0 Å². The molecule has 1 saturated heterocycles. The lowest BCUT2D eigenvalue weighted by molar-refractivity contribution is -0.134. The van der Waals surface area contributed by atoms with E-state index in [1.165, 1.54) is 0 Å². The number of amides is 2. The number of hydrogen-bond donors (Lipinski definition) is 2. The van der Waals surface area contributed by atoms with Crippen LogP contribution in [-0.2, 0) is 16.0 Å². The monoisotopic (exact) mass is 298 g/mol. The van der Waals surface area contributed by atoms with Crippen LogP contribution in [0.5, 0.6) is 0 Å². The van der Waals surface area contributed by atoms with Gasteiger partial charge in [-0.25, -0.2) is 0 Å². The Morgan fingerprint density at radius 3 is 2.81 bits per heavy atom. The first kappa shape index (κ1) is 15.4. The zero-order valence-electron chi connectivity index (χ0n) is 11.6. The molecule has 0 aromatic carbocycles. The summed E-state index contributed by atoms with van der Waals surface area (Å²) >= 11 is 0. The summed E-state index contributed by atoms with van der Waals surface area (Å²) in [6.45, 7) is 2.45. The molecule has 116 valence electrons. The Labute approximate surface area is 121 Å². The van der Waals surface area contributed by atoms with Gasteiger partial charge in [-0.05, 0) is 6.42 Å². The van der Waals surface area contributed by atoms with Crippen molar-refractivity contribution < 1.29 is 24.0 Å². The summed E-state index contributed by atoms with van der Waals surface area (Å²) in [6.07, 6.45) is 0.440. The Morgan fingerprint density at radius 2 is 2.10 bits per heavy atom. The van der Waals surface area contributed by atoms with Gasteiger partial charge in [0.25, 0.3) is 0 Å². The molecule has 0 spiro atoms. The lowest BCUT2D eigenvalue weighted by Gasteiger charge is -2.26. The highest BCUT2D eigenvalue weighted by atomic mass is 16.5. The zero-order valence-corrected chi connectivity index (χ0v) is 11.6. The Balaban J connectivity index is 1.84. The fourth-order valence-electron chi connectivity index (χ4n) is 1.83. The van der Waals surface area contributed by atoms with E-state index in [1.807, 2.05) is 0 Å². The number of carbonyl (C=O) groups is 2. The average Bonchev–Trinajstić information content (AvgIpc) is 2.97. The molecular formula is C12H18N4O5. The Bertz CT molecular complexity index is 484. The van der Waals surface area contributed by atoms with Crippen molar-refractivity contribution in [3.63, 3.8) is 0 Å². The molecule has 2 N–H and O–H groups in total. The summed E-state index contributed by atoms with van der Waals surface area (Å²) in [5.41, 5.74) is 0. The topological polar surface area (TPSA) is 118 Å². The van der Waals surface area contributed by atoms with E-state index in [1.54, 1.807) is 4.90 Å². The number of aliphatic hydroxyl groups excluding tert-OH is 1. The van der Waals surface area contributed by atoms with Crippen LogP contribution in [0.15, 0.2) is 4.52 Å². The van der Waals surface area contributed by atoms with Crippen molar-refractivity contribution in [2.24, 2.45) is 0 Å². The molecular weight excluding hydrogens is 280 g/mol. The number of aromatic nitrogens is 2.